The molecule has 0 amide bonds. The summed E-state index contributed by atoms with van der Waals surface area (Å²) >= 11 is 0. The first-order valence-corrected chi connectivity index (χ1v) is 8.51. The monoisotopic (exact) mass is 303 g/mol. The van der Waals surface area contributed by atoms with Gasteiger partial charge in [0.25, 0.3) is 0 Å². The lowest BCUT2D eigenvalue weighted by molar-refractivity contribution is 0.0199. The topological polar surface area (TPSA) is 50.5 Å². The Morgan fingerprint density at radius 1 is 1.27 bits per heavy atom. The van der Waals surface area contributed by atoms with Crippen molar-refractivity contribution >= 4 is 11.4 Å². The fraction of sp³-hybridized carbons (Fsp3) is 0.667. The van der Waals surface area contributed by atoms with Crippen LogP contribution in [0.5, 0.6) is 0 Å². The molecule has 0 aromatic heterocycles. The predicted octanol–water partition coefficient (Wildman–Crippen LogP) is 2.88. The molecule has 0 radical (unpaired) electrons. The number of anilines is 2. The molecule has 0 spiro atoms. The maximum absolute atomic E-state index is 6.07. The SMILES string of the molecule is COCC1CC(N2CCC(Nc3cc(C)ccc3N)CC2)C1. The maximum atomic E-state index is 6.07. The summed E-state index contributed by atoms with van der Waals surface area (Å²) in [5.74, 6) is 0.790. The van der Waals surface area contributed by atoms with Crippen LogP contribution in [0.4, 0.5) is 11.4 Å². The molecule has 1 saturated carbocycles. The molecule has 4 heteroatoms. The van der Waals surface area contributed by atoms with Crippen molar-refractivity contribution in [3.8, 4) is 0 Å². The number of nitrogens with zero attached hydrogens (tertiary/aromatic N) is 1. The van der Waals surface area contributed by atoms with Crippen LogP contribution in [0.1, 0.15) is 31.2 Å². The molecule has 1 aliphatic carbocycles. The van der Waals surface area contributed by atoms with Gasteiger partial charge in [0.05, 0.1) is 11.4 Å². The van der Waals surface area contributed by atoms with Crippen LogP contribution in [0.2, 0.25) is 0 Å². The van der Waals surface area contributed by atoms with E-state index in [1.807, 2.05) is 13.2 Å². The number of benzene rings is 1. The van der Waals surface area contributed by atoms with Crippen molar-refractivity contribution < 1.29 is 4.74 Å². The number of aryl methyl sites for hydroxylation is 1. The summed E-state index contributed by atoms with van der Waals surface area (Å²) in [5.41, 5.74) is 9.28. The highest BCUT2D eigenvalue weighted by Gasteiger charge is 2.35. The summed E-state index contributed by atoms with van der Waals surface area (Å²) in [7, 11) is 1.81. The van der Waals surface area contributed by atoms with Crippen molar-refractivity contribution in [2.75, 3.05) is 37.9 Å². The third-order valence-corrected chi connectivity index (χ3v) is 5.23. The van der Waals surface area contributed by atoms with E-state index in [9.17, 15) is 0 Å². The van der Waals surface area contributed by atoms with Crippen LogP contribution in [0.3, 0.4) is 0 Å². The smallest absolute Gasteiger partial charge is 0.0578 e. The van der Waals surface area contributed by atoms with Gasteiger partial charge in [-0.2, -0.15) is 0 Å². The molecule has 4 nitrogen and oxygen atoms in total. The average Bonchev–Trinajstić information content (AvgIpc) is 2.47. The molecule has 1 heterocycles. The normalized spacial score (nSPS) is 26.6. The van der Waals surface area contributed by atoms with Crippen LogP contribution < -0.4 is 11.1 Å². The van der Waals surface area contributed by atoms with Gasteiger partial charge in [0.2, 0.25) is 0 Å². The zero-order valence-corrected chi connectivity index (χ0v) is 13.8. The molecule has 122 valence electrons. The Hall–Kier alpha value is -1.26. The fourth-order valence-electron chi connectivity index (χ4n) is 3.79. The van der Waals surface area contributed by atoms with Gasteiger partial charge in [0, 0.05) is 38.9 Å². The molecule has 2 fully saturated rings. The zero-order valence-electron chi connectivity index (χ0n) is 13.8. The van der Waals surface area contributed by atoms with E-state index in [4.69, 9.17) is 10.5 Å². The molecule has 2 aliphatic rings. The summed E-state index contributed by atoms with van der Waals surface area (Å²) in [6.45, 7) is 5.45. The minimum Gasteiger partial charge on any atom is -0.397 e. The molecule has 0 unspecified atom stereocenters. The standard InChI is InChI=1S/C18H29N3O/c1-13-3-4-17(19)18(9-13)20-15-5-7-21(8-6-15)16-10-14(11-16)12-22-2/h3-4,9,14-16,20H,5-8,10-12,19H2,1-2H3. The number of hydrogen-bond acceptors (Lipinski definition) is 4. The van der Waals surface area contributed by atoms with Gasteiger partial charge >= 0.3 is 0 Å². The van der Waals surface area contributed by atoms with E-state index in [0.29, 0.717) is 6.04 Å². The Morgan fingerprint density at radius 3 is 2.68 bits per heavy atom. The van der Waals surface area contributed by atoms with Gasteiger partial charge in [-0.3, -0.25) is 0 Å². The second-order valence-electron chi connectivity index (χ2n) is 6.99. The fourth-order valence-corrected chi connectivity index (χ4v) is 3.79. The number of likely N-dealkylation sites (tertiary alicyclic amines) is 1. The lowest BCUT2D eigenvalue weighted by Gasteiger charge is -2.45. The van der Waals surface area contributed by atoms with Crippen molar-refractivity contribution in [2.24, 2.45) is 5.92 Å². The molecule has 1 aliphatic heterocycles. The molecule has 0 atom stereocenters. The molecule has 3 N–H and O–H groups in total. The van der Waals surface area contributed by atoms with Gasteiger partial charge < -0.3 is 20.7 Å². The van der Waals surface area contributed by atoms with Gasteiger partial charge in [0.1, 0.15) is 0 Å². The van der Waals surface area contributed by atoms with Gasteiger partial charge in [-0.05, 0) is 56.2 Å². The van der Waals surface area contributed by atoms with Gasteiger partial charge in [-0.1, -0.05) is 6.07 Å². The van der Waals surface area contributed by atoms with E-state index >= 15 is 0 Å². The predicted molar refractivity (Wildman–Crippen MR) is 92.2 cm³/mol. The molecular weight excluding hydrogens is 274 g/mol. The zero-order chi connectivity index (χ0) is 15.5. The largest absolute Gasteiger partial charge is 0.397 e. The molecule has 1 aromatic rings. The number of ether oxygens (including phenoxy) is 1. The number of hydrogen-bond donors (Lipinski definition) is 2. The van der Waals surface area contributed by atoms with Crippen molar-refractivity contribution in [1.82, 2.24) is 4.90 Å². The summed E-state index contributed by atoms with van der Waals surface area (Å²) in [6, 6.07) is 7.57. The second kappa shape index (κ2) is 6.88. The van der Waals surface area contributed by atoms with Crippen molar-refractivity contribution in [3.63, 3.8) is 0 Å². The van der Waals surface area contributed by atoms with Crippen molar-refractivity contribution in [3.05, 3.63) is 23.8 Å². The third-order valence-electron chi connectivity index (χ3n) is 5.23. The van der Waals surface area contributed by atoms with Crippen LogP contribution in [0.25, 0.3) is 0 Å². The summed E-state index contributed by atoms with van der Waals surface area (Å²) in [6.07, 6.45) is 5.05. The number of rotatable bonds is 5. The Balaban J connectivity index is 1.45. The van der Waals surface area contributed by atoms with E-state index in [2.05, 4.69) is 29.3 Å². The molecule has 0 bridgehead atoms. The first-order chi connectivity index (χ1) is 10.7. The first kappa shape index (κ1) is 15.6. The number of piperidine rings is 1. The summed E-state index contributed by atoms with van der Waals surface area (Å²) in [5, 5.41) is 3.64. The highest BCUT2D eigenvalue weighted by molar-refractivity contribution is 5.67. The van der Waals surface area contributed by atoms with E-state index < -0.39 is 0 Å². The van der Waals surface area contributed by atoms with Crippen molar-refractivity contribution in [1.29, 1.82) is 0 Å². The lowest BCUT2D eigenvalue weighted by Crippen LogP contribution is -2.50. The van der Waals surface area contributed by atoms with Gasteiger partial charge in [-0.15, -0.1) is 0 Å². The minimum absolute atomic E-state index is 0.551. The molecule has 22 heavy (non-hydrogen) atoms. The van der Waals surface area contributed by atoms with Gasteiger partial charge in [-0.25, -0.2) is 0 Å². The van der Waals surface area contributed by atoms with Gasteiger partial charge in [0.15, 0.2) is 0 Å². The van der Waals surface area contributed by atoms with Crippen LogP contribution >= 0.6 is 0 Å². The minimum atomic E-state index is 0.551. The number of nitrogen functional groups attached to an aromatic ring is 1. The Kier molecular flexibility index (Phi) is 4.89. The Morgan fingerprint density at radius 2 is 2.00 bits per heavy atom. The summed E-state index contributed by atoms with van der Waals surface area (Å²) in [4.78, 5) is 2.67. The Labute approximate surface area is 134 Å². The number of nitrogens with one attached hydrogen (secondary N) is 1. The molecule has 3 rings (SSSR count). The quantitative estimate of drug-likeness (QED) is 0.821. The lowest BCUT2D eigenvalue weighted by atomic mass is 9.79. The molecule has 1 aromatic carbocycles. The van der Waals surface area contributed by atoms with E-state index in [0.717, 1.165) is 29.9 Å². The van der Waals surface area contributed by atoms with Crippen LogP contribution in [0, 0.1) is 12.8 Å². The van der Waals surface area contributed by atoms with Crippen molar-refractivity contribution in [2.45, 2.75) is 44.7 Å². The van der Waals surface area contributed by atoms with E-state index in [1.165, 1.54) is 44.3 Å². The van der Waals surface area contributed by atoms with E-state index in [-0.39, 0.29) is 0 Å². The highest BCUT2D eigenvalue weighted by atomic mass is 16.5. The third kappa shape index (κ3) is 3.55. The van der Waals surface area contributed by atoms with E-state index in [1.54, 1.807) is 0 Å². The average molecular weight is 303 g/mol. The Bertz CT molecular complexity index is 491. The maximum Gasteiger partial charge on any atom is 0.0578 e. The molecular formula is C18H29N3O. The van der Waals surface area contributed by atoms with Crippen LogP contribution in [-0.4, -0.2) is 43.8 Å². The number of methoxy groups -OCH3 is 1. The second-order valence-corrected chi connectivity index (χ2v) is 6.99. The van der Waals surface area contributed by atoms with Crippen LogP contribution in [0.15, 0.2) is 18.2 Å². The molecule has 1 saturated heterocycles. The highest BCUT2D eigenvalue weighted by Crippen LogP contribution is 2.34. The first-order valence-electron chi connectivity index (χ1n) is 8.51. The summed E-state index contributed by atoms with van der Waals surface area (Å²) < 4.78 is 5.25. The van der Waals surface area contributed by atoms with Crippen LogP contribution in [-0.2, 0) is 4.74 Å². The number of nitrogens with two attached hydrogens (primary N) is 1.